The third-order valence-electron chi connectivity index (χ3n) is 5.03. The van der Waals surface area contributed by atoms with Crippen LogP contribution in [0.3, 0.4) is 0 Å². The number of benzene rings is 1. The van der Waals surface area contributed by atoms with Gasteiger partial charge >= 0.3 is 6.03 Å². The molecule has 1 aromatic rings. The summed E-state index contributed by atoms with van der Waals surface area (Å²) in [6.07, 6.45) is 7.03. The maximum atomic E-state index is 12.5. The highest BCUT2D eigenvalue weighted by Gasteiger charge is 2.50. The van der Waals surface area contributed by atoms with Gasteiger partial charge in [0.05, 0.1) is 0 Å². The van der Waals surface area contributed by atoms with Crippen molar-refractivity contribution in [2.24, 2.45) is 10.8 Å². The smallest absolute Gasteiger partial charge is 0.321 e. The number of rotatable bonds is 2. The van der Waals surface area contributed by atoms with E-state index in [1.165, 1.54) is 6.42 Å². The van der Waals surface area contributed by atoms with Crippen LogP contribution in [0.5, 0.6) is 0 Å². The van der Waals surface area contributed by atoms with Crippen LogP contribution < -0.4 is 5.32 Å². The van der Waals surface area contributed by atoms with Crippen molar-refractivity contribution in [3.8, 4) is 0 Å². The van der Waals surface area contributed by atoms with Crippen LogP contribution in [0.15, 0.2) is 30.5 Å². The summed E-state index contributed by atoms with van der Waals surface area (Å²) < 4.78 is 0. The van der Waals surface area contributed by atoms with E-state index in [2.05, 4.69) is 26.1 Å². The van der Waals surface area contributed by atoms with Gasteiger partial charge in [0.15, 0.2) is 0 Å². The van der Waals surface area contributed by atoms with Gasteiger partial charge in [0.1, 0.15) is 0 Å². The largest absolute Gasteiger partial charge is 0.321 e. The molecule has 1 aromatic carbocycles. The summed E-state index contributed by atoms with van der Waals surface area (Å²) in [7, 11) is 0. The van der Waals surface area contributed by atoms with E-state index in [4.69, 9.17) is 11.6 Å². The molecule has 2 unspecified atom stereocenters. The summed E-state index contributed by atoms with van der Waals surface area (Å²) in [5.41, 5.74) is 1.61. The molecule has 1 saturated heterocycles. The molecule has 4 heteroatoms. The fourth-order valence-corrected chi connectivity index (χ4v) is 4.69. The number of nitrogens with zero attached hydrogens (tertiary/aromatic N) is 1. The Hall–Kier alpha value is -1.48. The number of nitrogens with one attached hydrogen (secondary N) is 1. The van der Waals surface area contributed by atoms with Gasteiger partial charge in [0, 0.05) is 23.8 Å². The number of urea groups is 1. The number of fused-ring (bicyclic) bond motifs is 2. The minimum absolute atomic E-state index is 0.0154. The van der Waals surface area contributed by atoms with Crippen molar-refractivity contribution in [3.63, 3.8) is 0 Å². The van der Waals surface area contributed by atoms with E-state index in [-0.39, 0.29) is 11.4 Å². The number of halogens is 1. The number of carbonyl (C=O) groups is 1. The summed E-state index contributed by atoms with van der Waals surface area (Å²) >= 11 is 5.87. The van der Waals surface area contributed by atoms with Gasteiger partial charge in [-0.05, 0) is 53.9 Å². The quantitative estimate of drug-likeness (QED) is 0.819. The number of amides is 2. The van der Waals surface area contributed by atoms with Gasteiger partial charge in [-0.1, -0.05) is 44.5 Å². The summed E-state index contributed by atoms with van der Waals surface area (Å²) in [6, 6.07) is 7.93. The molecule has 1 aliphatic heterocycles. The maximum absolute atomic E-state index is 12.5. The Kier molecular flexibility index (Phi) is 4.18. The Balaban J connectivity index is 1.62. The molecule has 124 valence electrons. The van der Waals surface area contributed by atoms with Crippen LogP contribution in [0.25, 0.3) is 6.08 Å². The number of hydrogen-bond acceptors (Lipinski definition) is 1. The van der Waals surface area contributed by atoms with Gasteiger partial charge in [0.2, 0.25) is 0 Å². The summed E-state index contributed by atoms with van der Waals surface area (Å²) in [6.45, 7) is 7.82. The number of likely N-dealkylation sites (tertiary alicyclic amines) is 1. The average Bonchev–Trinajstić information content (AvgIpc) is 2.70. The molecule has 1 N–H and O–H groups in total. The first-order chi connectivity index (χ1) is 10.8. The lowest BCUT2D eigenvalue weighted by atomic mass is 9.65. The van der Waals surface area contributed by atoms with Gasteiger partial charge in [-0.15, -0.1) is 0 Å². The van der Waals surface area contributed by atoms with Crippen molar-refractivity contribution in [1.29, 1.82) is 0 Å². The second-order valence-electron chi connectivity index (χ2n) is 8.18. The Morgan fingerprint density at radius 2 is 1.96 bits per heavy atom. The van der Waals surface area contributed by atoms with Crippen molar-refractivity contribution >= 4 is 23.7 Å². The van der Waals surface area contributed by atoms with Gasteiger partial charge in [-0.3, -0.25) is 0 Å². The predicted molar refractivity (Wildman–Crippen MR) is 95.3 cm³/mol. The van der Waals surface area contributed by atoms with E-state index in [0.717, 1.165) is 24.9 Å². The highest BCUT2D eigenvalue weighted by molar-refractivity contribution is 6.30. The van der Waals surface area contributed by atoms with Crippen LogP contribution in [0.4, 0.5) is 4.79 Å². The topological polar surface area (TPSA) is 32.3 Å². The molecule has 1 saturated carbocycles. The standard InChI is InChI=1S/C19H25ClN2O/c1-18(2)10-16-11-19(3,12-18)13-22(16)17(23)21-9-8-14-4-6-15(20)7-5-14/h4-9,16H,10-13H2,1-3H3,(H,21,23)/b9-8+. The van der Waals surface area contributed by atoms with Crippen LogP contribution in [0.1, 0.15) is 45.6 Å². The van der Waals surface area contributed by atoms with Crippen molar-refractivity contribution in [2.75, 3.05) is 6.54 Å². The third-order valence-corrected chi connectivity index (χ3v) is 5.28. The molecule has 2 atom stereocenters. The Morgan fingerprint density at radius 3 is 2.65 bits per heavy atom. The molecule has 0 spiro atoms. The zero-order valence-electron chi connectivity index (χ0n) is 14.1. The van der Waals surface area contributed by atoms with Crippen LogP contribution in [0, 0.1) is 10.8 Å². The first-order valence-corrected chi connectivity index (χ1v) is 8.64. The fourth-order valence-electron chi connectivity index (χ4n) is 4.56. The zero-order valence-corrected chi connectivity index (χ0v) is 14.9. The lowest BCUT2D eigenvalue weighted by Crippen LogP contribution is -2.41. The van der Waals surface area contributed by atoms with E-state index in [0.29, 0.717) is 16.5 Å². The van der Waals surface area contributed by atoms with Gasteiger partial charge in [-0.2, -0.15) is 0 Å². The van der Waals surface area contributed by atoms with E-state index in [1.54, 1.807) is 6.20 Å². The minimum Gasteiger partial charge on any atom is -0.321 e. The SMILES string of the molecule is CC1(C)CC2CC(C)(CN2C(=O)N/C=C/c2ccc(Cl)cc2)C1. The Labute approximate surface area is 143 Å². The first-order valence-electron chi connectivity index (χ1n) is 8.26. The molecular weight excluding hydrogens is 308 g/mol. The van der Waals surface area contributed by atoms with Crippen molar-refractivity contribution in [2.45, 2.75) is 46.1 Å². The molecule has 3 nitrogen and oxygen atoms in total. The summed E-state index contributed by atoms with van der Waals surface area (Å²) in [4.78, 5) is 14.6. The van der Waals surface area contributed by atoms with Crippen LogP contribution >= 0.6 is 11.6 Å². The van der Waals surface area contributed by atoms with Crippen LogP contribution in [-0.2, 0) is 0 Å². The van der Waals surface area contributed by atoms with Crippen LogP contribution in [0.2, 0.25) is 5.02 Å². The van der Waals surface area contributed by atoms with Gasteiger partial charge in [-0.25, -0.2) is 4.79 Å². The first kappa shape index (κ1) is 16.4. The molecule has 3 rings (SSSR count). The van der Waals surface area contributed by atoms with E-state index in [9.17, 15) is 4.79 Å². The lowest BCUT2D eigenvalue weighted by Gasteiger charge is -2.39. The highest BCUT2D eigenvalue weighted by Crippen LogP contribution is 2.52. The second-order valence-corrected chi connectivity index (χ2v) is 8.61. The molecule has 0 aromatic heterocycles. The molecule has 0 radical (unpaired) electrons. The van der Waals surface area contributed by atoms with E-state index in [1.807, 2.05) is 35.2 Å². The zero-order chi connectivity index (χ0) is 16.7. The van der Waals surface area contributed by atoms with Crippen molar-refractivity contribution in [3.05, 3.63) is 41.1 Å². The number of carbonyl (C=O) groups excluding carboxylic acids is 1. The highest BCUT2D eigenvalue weighted by atomic mass is 35.5. The fraction of sp³-hybridized carbons (Fsp3) is 0.526. The van der Waals surface area contributed by atoms with E-state index < -0.39 is 0 Å². The van der Waals surface area contributed by atoms with Crippen molar-refractivity contribution < 1.29 is 4.79 Å². The maximum Gasteiger partial charge on any atom is 0.321 e. The minimum atomic E-state index is 0.0154. The molecule has 1 aliphatic carbocycles. The van der Waals surface area contributed by atoms with Gasteiger partial charge in [0.25, 0.3) is 0 Å². The second kappa shape index (κ2) is 5.86. The lowest BCUT2D eigenvalue weighted by molar-refractivity contribution is 0.129. The molecule has 2 amide bonds. The summed E-state index contributed by atoms with van der Waals surface area (Å²) in [5, 5.41) is 3.63. The molecule has 1 heterocycles. The summed E-state index contributed by atoms with van der Waals surface area (Å²) in [5.74, 6) is 0. The number of hydrogen-bond donors (Lipinski definition) is 1. The van der Waals surface area contributed by atoms with E-state index >= 15 is 0 Å². The van der Waals surface area contributed by atoms with Gasteiger partial charge < -0.3 is 10.2 Å². The Bertz CT molecular complexity index is 623. The van der Waals surface area contributed by atoms with Crippen molar-refractivity contribution in [1.82, 2.24) is 10.2 Å². The average molecular weight is 333 g/mol. The van der Waals surface area contributed by atoms with Crippen LogP contribution in [-0.4, -0.2) is 23.5 Å². The molecule has 2 aliphatic rings. The molecule has 2 fully saturated rings. The third kappa shape index (κ3) is 3.72. The predicted octanol–water partition coefficient (Wildman–Crippen LogP) is 4.92. The molecule has 23 heavy (non-hydrogen) atoms. The monoisotopic (exact) mass is 332 g/mol. The Morgan fingerprint density at radius 1 is 1.26 bits per heavy atom. The molecular formula is C19H25ClN2O. The normalized spacial score (nSPS) is 29.0. The molecule has 2 bridgehead atoms.